The standard InChI is InChI=1S/C32H32N2O6/c1-19-13-14-21-20(17-34(28(21)15-19)31(38)40-32(2,3)4)16-27(29(35)36)33-30(37)39-18-26-24-11-7-5-9-22(24)23-10-6-8-12-25(23)26/h5-15,17,26-27H,16,18H2,1-4H3,(H,33,37)(H,35,36)/t27-/m0/s1. The van der Waals surface area contributed by atoms with Crippen molar-refractivity contribution >= 4 is 29.1 Å². The number of nitrogens with zero attached hydrogens (tertiary/aromatic N) is 1. The summed E-state index contributed by atoms with van der Waals surface area (Å²) >= 11 is 0. The zero-order chi connectivity index (χ0) is 28.6. The Hall–Kier alpha value is -4.59. The lowest BCUT2D eigenvalue weighted by atomic mass is 9.98. The second-order valence-electron chi connectivity index (χ2n) is 11.1. The molecule has 1 heterocycles. The molecule has 1 aliphatic carbocycles. The molecule has 1 aromatic heterocycles. The molecule has 1 atom stereocenters. The molecule has 8 nitrogen and oxygen atoms in total. The number of hydrogen-bond acceptors (Lipinski definition) is 5. The van der Waals surface area contributed by atoms with Gasteiger partial charge in [-0.25, -0.2) is 14.4 Å². The number of alkyl carbamates (subject to hydrolysis) is 1. The van der Waals surface area contributed by atoms with Crippen LogP contribution in [-0.2, 0) is 20.7 Å². The van der Waals surface area contributed by atoms with Crippen LogP contribution in [0.25, 0.3) is 22.0 Å². The molecule has 4 aromatic rings. The molecule has 0 saturated carbocycles. The third kappa shape index (κ3) is 5.43. The summed E-state index contributed by atoms with van der Waals surface area (Å²) in [6, 6.07) is 20.3. The van der Waals surface area contributed by atoms with Crippen LogP contribution in [0.15, 0.2) is 72.9 Å². The maximum atomic E-state index is 12.9. The fourth-order valence-electron chi connectivity index (χ4n) is 5.23. The van der Waals surface area contributed by atoms with Crippen LogP contribution < -0.4 is 5.32 Å². The fraction of sp³-hybridized carbons (Fsp3) is 0.281. The third-order valence-corrected chi connectivity index (χ3v) is 6.99. The van der Waals surface area contributed by atoms with Gasteiger partial charge >= 0.3 is 18.2 Å². The van der Waals surface area contributed by atoms with E-state index in [1.54, 1.807) is 27.0 Å². The highest BCUT2D eigenvalue weighted by molar-refractivity contribution is 5.93. The molecule has 40 heavy (non-hydrogen) atoms. The molecular weight excluding hydrogens is 508 g/mol. The zero-order valence-electron chi connectivity index (χ0n) is 22.9. The van der Waals surface area contributed by atoms with Crippen LogP contribution in [0.1, 0.15) is 48.9 Å². The second kappa shape index (κ2) is 10.5. The Morgan fingerprint density at radius 2 is 1.60 bits per heavy atom. The van der Waals surface area contributed by atoms with Crippen LogP contribution in [-0.4, -0.2) is 46.1 Å². The highest BCUT2D eigenvalue weighted by Gasteiger charge is 2.30. The van der Waals surface area contributed by atoms with Crippen LogP contribution in [0.4, 0.5) is 9.59 Å². The van der Waals surface area contributed by atoms with Crippen LogP contribution in [0, 0.1) is 6.92 Å². The molecule has 0 bridgehead atoms. The van der Waals surface area contributed by atoms with E-state index in [0.717, 1.165) is 27.8 Å². The average molecular weight is 541 g/mol. The smallest absolute Gasteiger partial charge is 0.419 e. The number of amides is 1. The Labute approximate surface area is 232 Å². The SMILES string of the molecule is Cc1ccc2c(C[C@H](NC(=O)OCC3c4ccccc4-c4ccccc43)C(=O)O)cn(C(=O)OC(C)(C)C)c2c1. The molecule has 2 N–H and O–H groups in total. The number of carbonyl (C=O) groups excluding carboxylic acids is 2. The minimum absolute atomic E-state index is 0.0467. The van der Waals surface area contributed by atoms with E-state index >= 15 is 0 Å². The van der Waals surface area contributed by atoms with Crippen LogP contribution in [0.3, 0.4) is 0 Å². The monoisotopic (exact) mass is 540 g/mol. The van der Waals surface area contributed by atoms with Crippen molar-refractivity contribution in [2.75, 3.05) is 6.61 Å². The van der Waals surface area contributed by atoms with E-state index in [9.17, 15) is 19.5 Å². The van der Waals surface area contributed by atoms with Crippen LogP contribution in [0.2, 0.25) is 0 Å². The molecule has 0 saturated heterocycles. The molecule has 1 aliphatic rings. The largest absolute Gasteiger partial charge is 0.480 e. The second-order valence-corrected chi connectivity index (χ2v) is 11.1. The summed E-state index contributed by atoms with van der Waals surface area (Å²) in [5, 5.41) is 13.1. The normalized spacial score (nSPS) is 13.4. The van der Waals surface area contributed by atoms with Crippen molar-refractivity contribution in [2.45, 2.75) is 51.7 Å². The maximum absolute atomic E-state index is 12.9. The number of rotatable bonds is 6. The highest BCUT2D eigenvalue weighted by atomic mass is 16.6. The highest BCUT2D eigenvalue weighted by Crippen LogP contribution is 2.44. The molecular formula is C32H32N2O6. The predicted octanol–water partition coefficient (Wildman–Crippen LogP) is 6.27. The van der Waals surface area contributed by atoms with E-state index < -0.39 is 29.8 Å². The van der Waals surface area contributed by atoms with Gasteiger partial charge in [0.05, 0.1) is 5.52 Å². The Kier molecular flexibility index (Phi) is 7.10. The number of benzene rings is 3. The van der Waals surface area contributed by atoms with Gasteiger partial charge in [0.2, 0.25) is 0 Å². The first-order valence-electron chi connectivity index (χ1n) is 13.2. The van der Waals surface area contributed by atoms with Gasteiger partial charge in [0.15, 0.2) is 0 Å². The minimum Gasteiger partial charge on any atom is -0.480 e. The van der Waals surface area contributed by atoms with E-state index in [-0.39, 0.29) is 18.9 Å². The van der Waals surface area contributed by atoms with E-state index in [1.807, 2.05) is 73.7 Å². The van der Waals surface area contributed by atoms with Crippen molar-refractivity contribution in [2.24, 2.45) is 0 Å². The van der Waals surface area contributed by atoms with Crippen LogP contribution in [0.5, 0.6) is 0 Å². The number of carboxylic acids is 1. The third-order valence-electron chi connectivity index (χ3n) is 6.99. The van der Waals surface area contributed by atoms with E-state index in [0.29, 0.717) is 16.5 Å². The summed E-state index contributed by atoms with van der Waals surface area (Å²) in [6.07, 6.45) is 0.147. The summed E-state index contributed by atoms with van der Waals surface area (Å²) in [4.78, 5) is 37.9. The van der Waals surface area contributed by atoms with Gasteiger partial charge in [-0.05, 0) is 67.1 Å². The van der Waals surface area contributed by atoms with Gasteiger partial charge in [-0.2, -0.15) is 0 Å². The van der Waals surface area contributed by atoms with Crippen molar-refractivity contribution in [3.05, 3.63) is 95.2 Å². The summed E-state index contributed by atoms with van der Waals surface area (Å²) < 4.78 is 12.5. The molecule has 0 spiro atoms. The zero-order valence-corrected chi connectivity index (χ0v) is 22.9. The van der Waals surface area contributed by atoms with Gasteiger partial charge in [-0.3, -0.25) is 4.57 Å². The quantitative estimate of drug-likeness (QED) is 0.299. The summed E-state index contributed by atoms with van der Waals surface area (Å²) in [6.45, 7) is 7.32. The van der Waals surface area contributed by atoms with Crippen molar-refractivity contribution < 1.29 is 29.0 Å². The molecule has 0 aliphatic heterocycles. The molecule has 206 valence electrons. The van der Waals surface area contributed by atoms with Gasteiger partial charge in [-0.1, -0.05) is 60.7 Å². The van der Waals surface area contributed by atoms with Crippen molar-refractivity contribution in [1.82, 2.24) is 9.88 Å². The van der Waals surface area contributed by atoms with E-state index in [4.69, 9.17) is 9.47 Å². The topological polar surface area (TPSA) is 107 Å². The molecule has 0 fully saturated rings. The summed E-state index contributed by atoms with van der Waals surface area (Å²) in [7, 11) is 0. The number of fused-ring (bicyclic) bond motifs is 4. The van der Waals surface area contributed by atoms with Crippen molar-refractivity contribution in [1.29, 1.82) is 0 Å². The maximum Gasteiger partial charge on any atom is 0.419 e. The number of nitrogens with one attached hydrogen (secondary N) is 1. The fourth-order valence-corrected chi connectivity index (χ4v) is 5.23. The first kappa shape index (κ1) is 27.0. The van der Waals surface area contributed by atoms with E-state index in [2.05, 4.69) is 5.32 Å². The Balaban J connectivity index is 1.33. The summed E-state index contributed by atoms with van der Waals surface area (Å²) in [5.74, 6) is -1.35. The van der Waals surface area contributed by atoms with Gasteiger partial charge in [0, 0.05) is 23.9 Å². The minimum atomic E-state index is -1.27. The average Bonchev–Trinajstić information content (AvgIpc) is 3.41. The molecule has 0 unspecified atom stereocenters. The number of hydrogen-bond donors (Lipinski definition) is 2. The Bertz CT molecular complexity index is 1570. The lowest BCUT2D eigenvalue weighted by Gasteiger charge is -2.19. The molecule has 3 aromatic carbocycles. The molecule has 1 amide bonds. The van der Waals surface area contributed by atoms with Gasteiger partial charge in [0.25, 0.3) is 0 Å². The van der Waals surface area contributed by atoms with Gasteiger partial charge < -0.3 is 19.9 Å². The summed E-state index contributed by atoms with van der Waals surface area (Å²) in [5.41, 5.74) is 5.77. The number of carboxylic acid groups (broad SMARTS) is 1. The van der Waals surface area contributed by atoms with Crippen molar-refractivity contribution in [3.8, 4) is 11.1 Å². The number of aromatic nitrogens is 1. The van der Waals surface area contributed by atoms with E-state index in [1.165, 1.54) is 4.57 Å². The lowest BCUT2D eigenvalue weighted by molar-refractivity contribution is -0.139. The first-order chi connectivity index (χ1) is 19.0. The predicted molar refractivity (Wildman–Crippen MR) is 152 cm³/mol. The molecule has 8 heteroatoms. The first-order valence-corrected chi connectivity index (χ1v) is 13.2. The van der Waals surface area contributed by atoms with Gasteiger partial charge in [0.1, 0.15) is 18.2 Å². The van der Waals surface area contributed by atoms with Gasteiger partial charge in [-0.15, -0.1) is 0 Å². The Morgan fingerprint density at radius 3 is 2.20 bits per heavy atom. The number of aliphatic carboxylic acids is 1. The molecule has 0 radical (unpaired) electrons. The lowest BCUT2D eigenvalue weighted by Crippen LogP contribution is -2.42. The van der Waals surface area contributed by atoms with Crippen molar-refractivity contribution in [3.63, 3.8) is 0 Å². The number of ether oxygens (including phenoxy) is 2. The Morgan fingerprint density at radius 1 is 0.975 bits per heavy atom. The molecule has 5 rings (SSSR count). The number of aryl methyl sites for hydroxylation is 1. The van der Waals surface area contributed by atoms with Crippen LogP contribution >= 0.6 is 0 Å². The number of carbonyl (C=O) groups is 3.